The van der Waals surface area contributed by atoms with Crippen molar-refractivity contribution in [2.24, 2.45) is 0 Å². The van der Waals surface area contributed by atoms with E-state index >= 15 is 0 Å². The molecular weight excluding hydrogens is 300 g/mol. The molecule has 1 aliphatic carbocycles. The first-order chi connectivity index (χ1) is 10.4. The van der Waals surface area contributed by atoms with Gasteiger partial charge in [0.25, 0.3) is 5.91 Å². The van der Waals surface area contributed by atoms with Gasteiger partial charge in [-0.05, 0) is 37.5 Å². The molecule has 1 amide bonds. The molecule has 1 fully saturated rings. The van der Waals surface area contributed by atoms with Gasteiger partial charge in [0, 0.05) is 30.2 Å². The Kier molecular flexibility index (Phi) is 3.95. The van der Waals surface area contributed by atoms with E-state index in [1.165, 1.54) is 6.26 Å². The van der Waals surface area contributed by atoms with Crippen molar-refractivity contribution in [2.75, 3.05) is 6.26 Å². The Morgan fingerprint density at radius 3 is 2.86 bits per heavy atom. The molecule has 0 spiro atoms. The van der Waals surface area contributed by atoms with Crippen LogP contribution in [0.3, 0.4) is 0 Å². The standard InChI is InChI=1S/C16H20N2O3S/c1-22(20,21)15-7-4-5-13(10-15)17-16(19)12-9-14-6-2-3-8-18(14)11-12/h2-3,6,8-9,11,13,15H,4-5,7,10H2,1H3,(H,17,19)/t13-,15+/m1/s1. The summed E-state index contributed by atoms with van der Waals surface area (Å²) in [5, 5.41) is 2.65. The van der Waals surface area contributed by atoms with Gasteiger partial charge >= 0.3 is 0 Å². The van der Waals surface area contributed by atoms with Crippen molar-refractivity contribution in [3.8, 4) is 0 Å². The molecule has 22 heavy (non-hydrogen) atoms. The highest BCUT2D eigenvalue weighted by molar-refractivity contribution is 7.91. The molecule has 2 atom stereocenters. The summed E-state index contributed by atoms with van der Waals surface area (Å²) in [4.78, 5) is 12.4. The van der Waals surface area contributed by atoms with E-state index in [0.717, 1.165) is 18.4 Å². The van der Waals surface area contributed by atoms with Crippen molar-refractivity contribution in [1.29, 1.82) is 0 Å². The first kappa shape index (κ1) is 15.1. The first-order valence-electron chi connectivity index (χ1n) is 7.50. The van der Waals surface area contributed by atoms with Gasteiger partial charge in [-0.15, -0.1) is 0 Å². The van der Waals surface area contributed by atoms with E-state index in [0.29, 0.717) is 18.4 Å². The zero-order chi connectivity index (χ0) is 15.7. The number of nitrogens with zero attached hydrogens (tertiary/aromatic N) is 1. The lowest BCUT2D eigenvalue weighted by molar-refractivity contribution is 0.0928. The average Bonchev–Trinajstić information content (AvgIpc) is 2.90. The van der Waals surface area contributed by atoms with Gasteiger partial charge in [-0.2, -0.15) is 0 Å². The van der Waals surface area contributed by atoms with Crippen LogP contribution < -0.4 is 5.32 Å². The molecule has 2 aromatic rings. The highest BCUT2D eigenvalue weighted by Crippen LogP contribution is 2.24. The summed E-state index contributed by atoms with van der Waals surface area (Å²) >= 11 is 0. The van der Waals surface area contributed by atoms with E-state index in [1.807, 2.05) is 34.9 Å². The zero-order valence-corrected chi connectivity index (χ0v) is 13.3. The van der Waals surface area contributed by atoms with Crippen LogP contribution in [0.15, 0.2) is 36.7 Å². The molecule has 1 N–H and O–H groups in total. The number of carbonyl (C=O) groups excluding carboxylic acids is 1. The molecule has 0 aliphatic heterocycles. The minimum Gasteiger partial charge on any atom is -0.349 e. The lowest BCUT2D eigenvalue weighted by Crippen LogP contribution is -2.41. The Hall–Kier alpha value is -1.82. The van der Waals surface area contributed by atoms with Crippen LogP contribution in [0.1, 0.15) is 36.0 Å². The summed E-state index contributed by atoms with van der Waals surface area (Å²) in [6.07, 6.45) is 7.85. The lowest BCUT2D eigenvalue weighted by atomic mass is 9.95. The Balaban J connectivity index is 1.71. The second kappa shape index (κ2) is 5.76. The molecule has 5 nitrogen and oxygen atoms in total. The monoisotopic (exact) mass is 320 g/mol. The summed E-state index contributed by atoms with van der Waals surface area (Å²) in [7, 11) is -3.04. The predicted molar refractivity (Wildman–Crippen MR) is 85.8 cm³/mol. The minimum atomic E-state index is -3.04. The van der Waals surface area contributed by atoms with Crippen LogP contribution in [0.2, 0.25) is 0 Å². The molecule has 6 heteroatoms. The fraction of sp³-hybridized carbons (Fsp3) is 0.438. The van der Waals surface area contributed by atoms with E-state index in [4.69, 9.17) is 0 Å². The second-order valence-corrected chi connectivity index (χ2v) is 8.38. The number of pyridine rings is 1. The summed E-state index contributed by atoms with van der Waals surface area (Å²) in [6, 6.07) is 7.55. The van der Waals surface area contributed by atoms with Gasteiger partial charge in [-0.1, -0.05) is 12.5 Å². The van der Waals surface area contributed by atoms with E-state index < -0.39 is 9.84 Å². The van der Waals surface area contributed by atoms with E-state index in [2.05, 4.69) is 5.32 Å². The molecule has 2 aromatic heterocycles. The van der Waals surface area contributed by atoms with E-state index in [9.17, 15) is 13.2 Å². The molecule has 118 valence electrons. The molecule has 3 rings (SSSR count). The quantitative estimate of drug-likeness (QED) is 0.941. The summed E-state index contributed by atoms with van der Waals surface area (Å²) < 4.78 is 25.3. The predicted octanol–water partition coefficient (Wildman–Crippen LogP) is 2.02. The Morgan fingerprint density at radius 1 is 1.32 bits per heavy atom. The molecule has 0 saturated heterocycles. The van der Waals surface area contributed by atoms with Gasteiger partial charge in [0.05, 0.1) is 10.8 Å². The van der Waals surface area contributed by atoms with Gasteiger partial charge in [0.1, 0.15) is 9.84 Å². The van der Waals surface area contributed by atoms with Gasteiger partial charge in [0.2, 0.25) is 0 Å². The number of fused-ring (bicyclic) bond motifs is 1. The zero-order valence-electron chi connectivity index (χ0n) is 12.5. The highest BCUT2D eigenvalue weighted by atomic mass is 32.2. The summed E-state index contributed by atoms with van der Waals surface area (Å²) in [5.41, 5.74) is 1.57. The normalized spacial score (nSPS) is 22.6. The van der Waals surface area contributed by atoms with Gasteiger partial charge < -0.3 is 9.72 Å². The van der Waals surface area contributed by atoms with E-state index in [-0.39, 0.29) is 17.2 Å². The second-order valence-electron chi connectivity index (χ2n) is 6.05. The summed E-state index contributed by atoms with van der Waals surface area (Å²) in [5.74, 6) is -0.136. The van der Waals surface area contributed by atoms with Crippen LogP contribution in [-0.4, -0.2) is 36.3 Å². The number of carbonyl (C=O) groups is 1. The number of hydrogen-bond acceptors (Lipinski definition) is 3. The number of rotatable bonds is 3. The van der Waals surface area contributed by atoms with Crippen LogP contribution >= 0.6 is 0 Å². The van der Waals surface area contributed by atoms with Crippen LogP contribution in [0, 0.1) is 0 Å². The van der Waals surface area contributed by atoms with Gasteiger partial charge in [0.15, 0.2) is 0 Å². The molecule has 0 unspecified atom stereocenters. The molecular formula is C16H20N2O3S. The third-order valence-electron chi connectivity index (χ3n) is 4.33. The third-order valence-corrected chi connectivity index (χ3v) is 5.97. The molecule has 0 aromatic carbocycles. The topological polar surface area (TPSA) is 67.7 Å². The molecule has 1 aliphatic rings. The maximum absolute atomic E-state index is 12.4. The molecule has 0 radical (unpaired) electrons. The van der Waals surface area contributed by atoms with Crippen molar-refractivity contribution in [3.05, 3.63) is 42.2 Å². The average molecular weight is 320 g/mol. The molecule has 2 heterocycles. The van der Waals surface area contributed by atoms with Gasteiger partial charge in [-0.25, -0.2) is 8.42 Å². The van der Waals surface area contributed by atoms with Crippen LogP contribution in [0.5, 0.6) is 0 Å². The van der Waals surface area contributed by atoms with Crippen molar-refractivity contribution < 1.29 is 13.2 Å². The maximum Gasteiger partial charge on any atom is 0.253 e. The van der Waals surface area contributed by atoms with Crippen LogP contribution in [-0.2, 0) is 9.84 Å². The van der Waals surface area contributed by atoms with Crippen LogP contribution in [0.4, 0.5) is 0 Å². The van der Waals surface area contributed by atoms with E-state index in [1.54, 1.807) is 6.20 Å². The summed E-state index contributed by atoms with van der Waals surface area (Å²) in [6.45, 7) is 0. The fourth-order valence-electron chi connectivity index (χ4n) is 3.11. The first-order valence-corrected chi connectivity index (χ1v) is 9.45. The molecule has 1 saturated carbocycles. The number of sulfone groups is 1. The number of nitrogens with one attached hydrogen (secondary N) is 1. The third kappa shape index (κ3) is 3.16. The fourth-order valence-corrected chi connectivity index (χ4v) is 4.29. The Morgan fingerprint density at radius 2 is 2.14 bits per heavy atom. The SMILES string of the molecule is CS(=O)(=O)[C@H]1CCC[C@@H](NC(=O)c2cc3ccccn3c2)C1. The number of amides is 1. The van der Waals surface area contributed by atoms with Gasteiger partial charge in [-0.3, -0.25) is 4.79 Å². The Bertz CT molecular complexity index is 762. The highest BCUT2D eigenvalue weighted by Gasteiger charge is 2.29. The number of aromatic nitrogens is 1. The number of hydrogen-bond donors (Lipinski definition) is 1. The van der Waals surface area contributed by atoms with Crippen molar-refractivity contribution >= 4 is 21.3 Å². The Labute approximate surface area is 130 Å². The van der Waals surface area contributed by atoms with Crippen LogP contribution in [0.25, 0.3) is 5.52 Å². The smallest absolute Gasteiger partial charge is 0.253 e. The maximum atomic E-state index is 12.4. The molecule has 0 bridgehead atoms. The largest absolute Gasteiger partial charge is 0.349 e. The van der Waals surface area contributed by atoms with Crippen molar-refractivity contribution in [3.63, 3.8) is 0 Å². The lowest BCUT2D eigenvalue weighted by Gasteiger charge is -2.28. The van der Waals surface area contributed by atoms with Crippen molar-refractivity contribution in [2.45, 2.75) is 37.0 Å². The minimum absolute atomic E-state index is 0.0658. The van der Waals surface area contributed by atoms with Crippen molar-refractivity contribution in [1.82, 2.24) is 9.72 Å².